The normalized spacial score (nSPS) is 16.0. The van der Waals surface area contributed by atoms with E-state index in [4.69, 9.17) is 9.47 Å². The lowest BCUT2D eigenvalue weighted by Gasteiger charge is -2.18. The molecule has 23 heavy (non-hydrogen) atoms. The topological polar surface area (TPSA) is 76.7 Å². The average Bonchev–Trinajstić information content (AvgIpc) is 2.79. The third kappa shape index (κ3) is 4.37. The maximum atomic E-state index is 11.9. The van der Waals surface area contributed by atoms with Crippen molar-refractivity contribution in [2.75, 3.05) is 13.2 Å². The molecule has 2 N–H and O–H groups in total. The number of rotatable bonds is 6. The molecule has 1 aromatic carbocycles. The molecule has 0 radical (unpaired) electrons. The second kappa shape index (κ2) is 6.89. The average molecular weight is 320 g/mol. The lowest BCUT2D eigenvalue weighted by molar-refractivity contribution is -0.129. The number of nitrogens with one attached hydrogen (secondary N) is 2. The maximum Gasteiger partial charge on any atom is 0.258 e. The van der Waals surface area contributed by atoms with Crippen molar-refractivity contribution < 1.29 is 19.1 Å². The molecule has 0 fully saturated rings. The van der Waals surface area contributed by atoms with Gasteiger partial charge in [0.1, 0.15) is 11.6 Å². The van der Waals surface area contributed by atoms with Crippen molar-refractivity contribution in [3.8, 4) is 11.5 Å². The molecule has 2 rings (SSSR count). The zero-order valence-electron chi connectivity index (χ0n) is 14.1. The van der Waals surface area contributed by atoms with Crippen LogP contribution in [0, 0.1) is 0 Å². The van der Waals surface area contributed by atoms with Crippen molar-refractivity contribution in [1.29, 1.82) is 0 Å². The number of hydrogen-bond acceptors (Lipinski definition) is 4. The molecule has 0 aliphatic carbocycles. The number of likely N-dealkylation sites (N-methyl/N-ethyl adjacent to an activating group) is 1. The van der Waals surface area contributed by atoms with Gasteiger partial charge in [-0.25, -0.2) is 0 Å². The van der Waals surface area contributed by atoms with E-state index in [-0.39, 0.29) is 24.0 Å². The highest BCUT2D eigenvalue weighted by Gasteiger charge is 2.32. The van der Waals surface area contributed by atoms with Crippen LogP contribution in [0.1, 0.15) is 33.3 Å². The first-order valence-electron chi connectivity index (χ1n) is 7.83. The van der Waals surface area contributed by atoms with Gasteiger partial charge in [-0.15, -0.1) is 0 Å². The Hall–Kier alpha value is -2.24. The van der Waals surface area contributed by atoms with Gasteiger partial charge in [0.15, 0.2) is 18.1 Å². The molecular formula is C17H24N2O4. The predicted molar refractivity (Wildman–Crippen MR) is 86.6 cm³/mol. The largest absolute Gasteiger partial charge is 0.483 e. The van der Waals surface area contributed by atoms with Crippen LogP contribution in [0.2, 0.25) is 0 Å². The number of amides is 2. The molecule has 1 aromatic rings. The van der Waals surface area contributed by atoms with E-state index in [2.05, 4.69) is 10.6 Å². The standard InChI is InChI=1S/C17H24N2O4/c1-5-18-16(21)11(2)19-14(20)10-22-13-8-6-7-12-9-17(3,4)23-15(12)13/h6-8,11H,5,9-10H2,1-4H3,(H,18,21)(H,19,20)/t11-/m1/s1. The Balaban J connectivity index is 1.91. The van der Waals surface area contributed by atoms with Crippen molar-refractivity contribution in [2.45, 2.75) is 45.8 Å². The van der Waals surface area contributed by atoms with E-state index in [1.54, 1.807) is 13.0 Å². The van der Waals surface area contributed by atoms with E-state index in [1.807, 2.05) is 32.9 Å². The third-order valence-electron chi connectivity index (χ3n) is 3.54. The molecule has 1 heterocycles. The summed E-state index contributed by atoms with van der Waals surface area (Å²) in [6.45, 7) is 7.85. The molecule has 0 unspecified atom stereocenters. The molecule has 0 aromatic heterocycles. The van der Waals surface area contributed by atoms with Crippen LogP contribution in [-0.2, 0) is 16.0 Å². The highest BCUT2D eigenvalue weighted by atomic mass is 16.5. The smallest absolute Gasteiger partial charge is 0.258 e. The minimum absolute atomic E-state index is 0.163. The first kappa shape index (κ1) is 17.1. The predicted octanol–water partition coefficient (Wildman–Crippen LogP) is 1.42. The van der Waals surface area contributed by atoms with Crippen LogP contribution in [0.5, 0.6) is 11.5 Å². The molecule has 2 amide bonds. The van der Waals surface area contributed by atoms with Gasteiger partial charge in [-0.05, 0) is 33.8 Å². The maximum absolute atomic E-state index is 11.9. The van der Waals surface area contributed by atoms with Gasteiger partial charge in [0.25, 0.3) is 5.91 Å². The molecule has 0 bridgehead atoms. The summed E-state index contributed by atoms with van der Waals surface area (Å²) in [6, 6.07) is 5.06. The Morgan fingerprint density at radius 1 is 1.39 bits per heavy atom. The number of benzene rings is 1. The van der Waals surface area contributed by atoms with Crippen LogP contribution < -0.4 is 20.1 Å². The van der Waals surface area contributed by atoms with Crippen molar-refractivity contribution >= 4 is 11.8 Å². The minimum atomic E-state index is -0.595. The minimum Gasteiger partial charge on any atom is -0.483 e. The van der Waals surface area contributed by atoms with Crippen LogP contribution in [0.3, 0.4) is 0 Å². The second-order valence-electron chi connectivity index (χ2n) is 6.26. The second-order valence-corrected chi connectivity index (χ2v) is 6.26. The molecule has 1 atom stereocenters. The molecule has 1 aliphatic heterocycles. The fourth-order valence-corrected chi connectivity index (χ4v) is 2.52. The summed E-state index contributed by atoms with van der Waals surface area (Å²) in [5.74, 6) is 0.682. The van der Waals surface area contributed by atoms with E-state index in [9.17, 15) is 9.59 Å². The quantitative estimate of drug-likeness (QED) is 0.831. The molecule has 0 saturated heterocycles. The number of hydrogen-bond donors (Lipinski definition) is 2. The molecular weight excluding hydrogens is 296 g/mol. The van der Waals surface area contributed by atoms with E-state index >= 15 is 0 Å². The Labute approximate surface area is 136 Å². The number of carbonyl (C=O) groups excluding carboxylic acids is 2. The van der Waals surface area contributed by atoms with Gasteiger partial charge in [0, 0.05) is 18.5 Å². The number of fused-ring (bicyclic) bond motifs is 1. The van der Waals surface area contributed by atoms with Crippen molar-refractivity contribution in [3.63, 3.8) is 0 Å². The zero-order chi connectivity index (χ0) is 17.0. The molecule has 126 valence electrons. The highest BCUT2D eigenvalue weighted by molar-refractivity contribution is 5.87. The van der Waals surface area contributed by atoms with Gasteiger partial charge in [0.05, 0.1) is 0 Å². The van der Waals surface area contributed by atoms with Crippen LogP contribution in [0.4, 0.5) is 0 Å². The van der Waals surface area contributed by atoms with E-state index < -0.39 is 6.04 Å². The SMILES string of the molecule is CCNC(=O)[C@@H](C)NC(=O)COc1cccc2c1OC(C)(C)C2. The highest BCUT2D eigenvalue weighted by Crippen LogP contribution is 2.41. The third-order valence-corrected chi connectivity index (χ3v) is 3.54. The fourth-order valence-electron chi connectivity index (χ4n) is 2.52. The monoisotopic (exact) mass is 320 g/mol. The number of ether oxygens (including phenoxy) is 2. The van der Waals surface area contributed by atoms with Gasteiger partial charge in [-0.2, -0.15) is 0 Å². The summed E-state index contributed by atoms with van der Waals surface area (Å²) in [7, 11) is 0. The van der Waals surface area contributed by atoms with Crippen molar-refractivity contribution in [2.24, 2.45) is 0 Å². The first-order valence-corrected chi connectivity index (χ1v) is 7.83. The van der Waals surface area contributed by atoms with Gasteiger partial charge in [0.2, 0.25) is 5.91 Å². The van der Waals surface area contributed by atoms with Gasteiger partial charge in [-0.1, -0.05) is 12.1 Å². The van der Waals surface area contributed by atoms with Gasteiger partial charge >= 0.3 is 0 Å². The Bertz CT molecular complexity index is 598. The van der Waals surface area contributed by atoms with E-state index in [0.717, 1.165) is 12.0 Å². The van der Waals surface area contributed by atoms with Crippen LogP contribution in [0.15, 0.2) is 18.2 Å². The Morgan fingerprint density at radius 3 is 2.83 bits per heavy atom. The lowest BCUT2D eigenvalue weighted by Crippen LogP contribution is -2.46. The Morgan fingerprint density at radius 2 is 2.13 bits per heavy atom. The number of para-hydroxylation sites is 1. The first-order chi connectivity index (χ1) is 10.8. The summed E-state index contributed by atoms with van der Waals surface area (Å²) in [4.78, 5) is 23.5. The fraction of sp³-hybridized carbons (Fsp3) is 0.529. The summed E-state index contributed by atoms with van der Waals surface area (Å²) < 4.78 is 11.5. The zero-order valence-corrected chi connectivity index (χ0v) is 14.1. The van der Waals surface area contributed by atoms with E-state index in [0.29, 0.717) is 18.0 Å². The van der Waals surface area contributed by atoms with E-state index in [1.165, 1.54) is 0 Å². The molecule has 0 saturated carbocycles. The van der Waals surface area contributed by atoms with Crippen molar-refractivity contribution in [3.05, 3.63) is 23.8 Å². The molecule has 6 nitrogen and oxygen atoms in total. The summed E-state index contributed by atoms with van der Waals surface area (Å²) in [5.41, 5.74) is 0.806. The van der Waals surface area contributed by atoms with Crippen molar-refractivity contribution in [1.82, 2.24) is 10.6 Å². The Kier molecular flexibility index (Phi) is 5.13. The number of carbonyl (C=O) groups is 2. The summed E-state index contributed by atoms with van der Waals surface area (Å²) >= 11 is 0. The van der Waals surface area contributed by atoms with Gasteiger partial charge < -0.3 is 20.1 Å². The summed E-state index contributed by atoms with van der Waals surface area (Å²) in [5, 5.41) is 5.25. The van der Waals surface area contributed by atoms with Crippen LogP contribution in [0.25, 0.3) is 0 Å². The molecule has 0 spiro atoms. The lowest BCUT2D eigenvalue weighted by atomic mass is 10.0. The molecule has 6 heteroatoms. The van der Waals surface area contributed by atoms with Crippen LogP contribution in [-0.4, -0.2) is 36.6 Å². The van der Waals surface area contributed by atoms with Crippen LogP contribution >= 0.6 is 0 Å². The summed E-state index contributed by atoms with van der Waals surface area (Å²) in [6.07, 6.45) is 0.806. The van der Waals surface area contributed by atoms with Gasteiger partial charge in [-0.3, -0.25) is 9.59 Å². The molecule has 1 aliphatic rings.